The topological polar surface area (TPSA) is 126 Å². The van der Waals surface area contributed by atoms with Gasteiger partial charge in [-0.3, -0.25) is 9.69 Å². The molecule has 4 aromatic rings. The summed E-state index contributed by atoms with van der Waals surface area (Å²) in [7, 11) is 1.30. The first-order valence-electron chi connectivity index (χ1n) is 16.1. The first kappa shape index (κ1) is 34.2. The number of pyridine rings is 1. The molecule has 2 aromatic heterocycles. The number of nitriles is 1. The Balaban J connectivity index is 1.40. The zero-order valence-corrected chi connectivity index (χ0v) is 28.5. The quantitative estimate of drug-likeness (QED) is 0.248. The highest BCUT2D eigenvalue weighted by Gasteiger charge is 2.37. The van der Waals surface area contributed by atoms with E-state index >= 15 is 4.39 Å². The molecular weight excluding hydrogens is 652 g/mol. The lowest BCUT2D eigenvalue weighted by Gasteiger charge is -2.42. The van der Waals surface area contributed by atoms with E-state index in [-0.39, 0.29) is 30.4 Å². The molecule has 2 aromatic carbocycles. The van der Waals surface area contributed by atoms with Gasteiger partial charge in [-0.2, -0.15) is 5.26 Å². The number of β-amino-alcohol motifs (C(OH)–C–C–N with tert-alkyl or cyclic N) is 1. The number of piperazine rings is 1. The molecule has 0 radical (unpaired) electrons. The Kier molecular flexibility index (Phi) is 9.78. The number of anilines is 3. The van der Waals surface area contributed by atoms with Crippen molar-refractivity contribution in [3.05, 3.63) is 64.7 Å². The van der Waals surface area contributed by atoms with Gasteiger partial charge in [0.1, 0.15) is 34.0 Å². The molecule has 256 valence electrons. The molecule has 2 aliphatic heterocycles. The third-order valence-electron chi connectivity index (χ3n) is 8.96. The Hall–Kier alpha value is -4.71. The van der Waals surface area contributed by atoms with Crippen LogP contribution in [-0.2, 0) is 14.3 Å². The lowest BCUT2D eigenvalue weighted by Crippen LogP contribution is -2.60. The zero-order chi connectivity index (χ0) is 35.0. The van der Waals surface area contributed by atoms with E-state index in [9.17, 15) is 24.3 Å². The fourth-order valence-corrected chi connectivity index (χ4v) is 7.21. The largest absolute Gasteiger partial charge is 0.467 e. The SMILES string of the molecule is CCN(c1nc(-c2ccc(F)cc2)c(C#N)s1)c1cc(C(C)C)nc2c(F)cc(N3CCN(CC(=O)N4CC(O)C4)CC3C(=O)OC)cc12. The molecule has 0 saturated carbocycles. The zero-order valence-electron chi connectivity index (χ0n) is 27.7. The first-order chi connectivity index (χ1) is 23.5. The highest BCUT2D eigenvalue weighted by molar-refractivity contribution is 7.16. The Bertz CT molecular complexity index is 1920. The van der Waals surface area contributed by atoms with Crippen LogP contribution >= 0.6 is 11.3 Å². The molecule has 0 spiro atoms. The maximum Gasteiger partial charge on any atom is 0.329 e. The van der Waals surface area contributed by atoms with Crippen LogP contribution in [0.4, 0.5) is 25.3 Å². The van der Waals surface area contributed by atoms with Crippen LogP contribution in [0.2, 0.25) is 0 Å². The molecule has 2 saturated heterocycles. The smallest absolute Gasteiger partial charge is 0.329 e. The average molecular weight is 690 g/mol. The van der Waals surface area contributed by atoms with E-state index in [0.717, 1.165) is 0 Å². The molecule has 1 N–H and O–H groups in total. The summed E-state index contributed by atoms with van der Waals surface area (Å²) in [6.45, 7) is 7.94. The van der Waals surface area contributed by atoms with Crippen molar-refractivity contribution in [2.75, 3.05) is 62.7 Å². The minimum atomic E-state index is -0.811. The number of aliphatic hydroxyl groups is 1. The van der Waals surface area contributed by atoms with Crippen molar-refractivity contribution in [2.24, 2.45) is 0 Å². The van der Waals surface area contributed by atoms with Gasteiger partial charge in [-0.1, -0.05) is 25.2 Å². The number of methoxy groups -OCH3 is 1. The van der Waals surface area contributed by atoms with Gasteiger partial charge < -0.3 is 24.5 Å². The van der Waals surface area contributed by atoms with Crippen LogP contribution < -0.4 is 9.80 Å². The lowest BCUT2D eigenvalue weighted by molar-refractivity contribution is -0.146. The van der Waals surface area contributed by atoms with Crippen molar-refractivity contribution in [2.45, 2.75) is 38.8 Å². The Labute approximate surface area is 286 Å². The van der Waals surface area contributed by atoms with E-state index in [0.29, 0.717) is 76.4 Å². The molecule has 0 bridgehead atoms. The van der Waals surface area contributed by atoms with Crippen molar-refractivity contribution in [1.29, 1.82) is 5.26 Å². The number of rotatable bonds is 9. The van der Waals surface area contributed by atoms with Crippen molar-refractivity contribution >= 4 is 50.6 Å². The molecule has 1 amide bonds. The van der Waals surface area contributed by atoms with Crippen LogP contribution in [0, 0.1) is 23.0 Å². The number of carbonyl (C=O) groups excluding carboxylic acids is 2. The van der Waals surface area contributed by atoms with Crippen molar-refractivity contribution in [3.63, 3.8) is 0 Å². The van der Waals surface area contributed by atoms with Crippen LogP contribution in [0.25, 0.3) is 22.2 Å². The number of halogens is 2. The number of thiazole rings is 1. The van der Waals surface area contributed by atoms with E-state index in [1.807, 2.05) is 42.7 Å². The number of ether oxygens (including phenoxy) is 1. The highest BCUT2D eigenvalue weighted by atomic mass is 32.1. The van der Waals surface area contributed by atoms with Crippen LogP contribution in [0.3, 0.4) is 0 Å². The molecule has 4 heterocycles. The number of aromatic nitrogens is 2. The number of amides is 1. The summed E-state index contributed by atoms with van der Waals surface area (Å²) in [6, 6.07) is 12.3. The number of carbonyl (C=O) groups is 2. The summed E-state index contributed by atoms with van der Waals surface area (Å²) < 4.78 is 35.0. The highest BCUT2D eigenvalue weighted by Crippen LogP contribution is 2.41. The molecule has 1 atom stereocenters. The molecule has 49 heavy (non-hydrogen) atoms. The average Bonchev–Trinajstić information content (AvgIpc) is 3.51. The van der Waals surface area contributed by atoms with Crippen LogP contribution in [0.1, 0.15) is 37.3 Å². The maximum atomic E-state index is 16.2. The third kappa shape index (κ3) is 6.79. The molecule has 1 unspecified atom stereocenters. The van der Waals surface area contributed by atoms with E-state index in [1.54, 1.807) is 21.9 Å². The van der Waals surface area contributed by atoms with E-state index in [4.69, 9.17) is 14.7 Å². The maximum absolute atomic E-state index is 16.2. The van der Waals surface area contributed by atoms with Crippen LogP contribution in [0.5, 0.6) is 0 Å². The number of aliphatic hydroxyl groups excluding tert-OH is 1. The standard InChI is InChI=1S/C35H37F2N7O4S/c1-5-43(35-40-32(30(15-38)49-35)21-6-8-22(36)9-7-21)28-14-27(20(2)3)39-33-25(28)12-23(13-26(33)37)44-11-10-41(18-29(44)34(47)48-4)19-31(46)42-16-24(45)17-42/h6-9,12-14,20,24,29,45H,5,10-11,16-19H2,1-4H3. The molecule has 14 heteroatoms. The number of benzene rings is 2. The molecule has 2 aliphatic rings. The number of hydrogen-bond donors (Lipinski definition) is 1. The van der Waals surface area contributed by atoms with E-state index in [1.165, 1.54) is 36.6 Å². The van der Waals surface area contributed by atoms with Gasteiger partial charge in [0.25, 0.3) is 0 Å². The normalized spacial score (nSPS) is 16.9. The first-order valence-corrected chi connectivity index (χ1v) is 16.9. The number of esters is 1. The Morgan fingerprint density at radius 3 is 2.49 bits per heavy atom. The molecule has 6 rings (SSSR count). The van der Waals surface area contributed by atoms with E-state index in [2.05, 4.69) is 6.07 Å². The molecule has 0 aliphatic carbocycles. The summed E-state index contributed by atoms with van der Waals surface area (Å²) in [5.74, 6) is -1.62. The number of nitrogens with zero attached hydrogens (tertiary/aromatic N) is 7. The molecule has 11 nitrogen and oxygen atoms in total. The van der Waals surface area contributed by atoms with Gasteiger partial charge in [-0.05, 0) is 55.3 Å². The summed E-state index contributed by atoms with van der Waals surface area (Å²) in [5.41, 5.74) is 2.95. The second kappa shape index (κ2) is 14.0. The van der Waals surface area contributed by atoms with Gasteiger partial charge in [0.2, 0.25) is 5.91 Å². The summed E-state index contributed by atoms with van der Waals surface area (Å²) >= 11 is 1.19. The molecular formula is C35H37F2N7O4S. The van der Waals surface area contributed by atoms with Gasteiger partial charge in [0.15, 0.2) is 10.9 Å². The fraction of sp³-hybridized carbons (Fsp3) is 0.400. The van der Waals surface area contributed by atoms with Crippen molar-refractivity contribution in [3.8, 4) is 17.3 Å². The third-order valence-corrected chi connectivity index (χ3v) is 9.94. The lowest BCUT2D eigenvalue weighted by atomic mass is 10.0. The van der Waals surface area contributed by atoms with Crippen molar-refractivity contribution in [1.82, 2.24) is 19.8 Å². The fourth-order valence-electron chi connectivity index (χ4n) is 6.25. The van der Waals surface area contributed by atoms with Gasteiger partial charge in [0, 0.05) is 61.6 Å². The second-order valence-electron chi connectivity index (χ2n) is 12.5. The predicted molar refractivity (Wildman–Crippen MR) is 183 cm³/mol. The van der Waals surface area contributed by atoms with Gasteiger partial charge >= 0.3 is 5.97 Å². The minimum Gasteiger partial charge on any atom is -0.467 e. The minimum absolute atomic E-state index is 0.0271. The van der Waals surface area contributed by atoms with Gasteiger partial charge in [0.05, 0.1) is 25.4 Å². The van der Waals surface area contributed by atoms with Gasteiger partial charge in [-0.25, -0.2) is 23.5 Å². The summed E-state index contributed by atoms with van der Waals surface area (Å²) in [5, 5.41) is 20.6. The van der Waals surface area contributed by atoms with Gasteiger partial charge in [-0.15, -0.1) is 0 Å². The second-order valence-corrected chi connectivity index (χ2v) is 13.5. The predicted octanol–water partition coefficient (Wildman–Crippen LogP) is 4.66. The van der Waals surface area contributed by atoms with Crippen molar-refractivity contribution < 1.29 is 28.2 Å². The van der Waals surface area contributed by atoms with Crippen LogP contribution in [-0.4, -0.2) is 102 Å². The monoisotopic (exact) mass is 689 g/mol. The summed E-state index contributed by atoms with van der Waals surface area (Å²) in [4.78, 5) is 42.9. The van der Waals surface area contributed by atoms with Crippen LogP contribution in [0.15, 0.2) is 42.5 Å². The molecule has 2 fully saturated rings. The summed E-state index contributed by atoms with van der Waals surface area (Å²) in [6.07, 6.45) is -0.508. The number of fused-ring (bicyclic) bond motifs is 1. The number of likely N-dealkylation sites (tertiary alicyclic amines) is 1. The number of hydrogen-bond acceptors (Lipinski definition) is 11. The Morgan fingerprint density at radius 1 is 1.12 bits per heavy atom. The Morgan fingerprint density at radius 2 is 1.86 bits per heavy atom. The van der Waals surface area contributed by atoms with E-state index < -0.39 is 29.7 Å².